The van der Waals surface area contributed by atoms with Gasteiger partial charge in [0.15, 0.2) is 6.10 Å². The van der Waals surface area contributed by atoms with Gasteiger partial charge in [0.1, 0.15) is 11.0 Å². The standard InChI is InChI=1S/C26H34N2O7S2/c1-6-34-25(30)21-19-13-12-16(4)14-20(19)36-24(21)27-23(29)17(5)35-26(31)22(15(2)3)28-37(32,33)18-10-8-7-9-11-18/h7-11,15-17,22,28H,6,12-14H2,1-5H3,(H,27,29)/t16?,17?,22-/m0/s1. The minimum atomic E-state index is -3.98. The van der Waals surface area contributed by atoms with Gasteiger partial charge in [-0.2, -0.15) is 4.72 Å². The summed E-state index contributed by atoms with van der Waals surface area (Å²) in [6.45, 7) is 8.81. The summed E-state index contributed by atoms with van der Waals surface area (Å²) >= 11 is 1.34. The van der Waals surface area contributed by atoms with E-state index in [0.29, 0.717) is 16.5 Å². The van der Waals surface area contributed by atoms with Gasteiger partial charge in [0.2, 0.25) is 10.0 Å². The smallest absolute Gasteiger partial charge is 0.341 e. The largest absolute Gasteiger partial charge is 0.462 e. The minimum Gasteiger partial charge on any atom is -0.462 e. The summed E-state index contributed by atoms with van der Waals surface area (Å²) in [7, 11) is -3.98. The monoisotopic (exact) mass is 550 g/mol. The van der Waals surface area contributed by atoms with Crippen LogP contribution in [-0.2, 0) is 41.9 Å². The third kappa shape index (κ3) is 6.97. The van der Waals surface area contributed by atoms with Crippen molar-refractivity contribution < 1.29 is 32.3 Å². The molecule has 0 bridgehead atoms. The lowest BCUT2D eigenvalue weighted by Gasteiger charge is -2.23. The molecular weight excluding hydrogens is 516 g/mol. The summed E-state index contributed by atoms with van der Waals surface area (Å²) in [5, 5.41) is 3.10. The number of hydrogen-bond donors (Lipinski definition) is 2. The summed E-state index contributed by atoms with van der Waals surface area (Å²) < 4.78 is 38.5. The van der Waals surface area contributed by atoms with Gasteiger partial charge in [0, 0.05) is 4.88 Å². The molecule has 11 heteroatoms. The third-order valence-electron chi connectivity index (χ3n) is 6.15. The highest BCUT2D eigenvalue weighted by molar-refractivity contribution is 7.89. The van der Waals surface area contributed by atoms with Crippen molar-refractivity contribution in [1.82, 2.24) is 4.72 Å². The molecule has 1 aromatic carbocycles. The molecule has 37 heavy (non-hydrogen) atoms. The fraction of sp³-hybridized carbons (Fsp3) is 0.500. The van der Waals surface area contributed by atoms with Crippen LogP contribution in [0.5, 0.6) is 0 Å². The van der Waals surface area contributed by atoms with E-state index in [1.807, 2.05) is 0 Å². The number of benzene rings is 1. The topological polar surface area (TPSA) is 128 Å². The van der Waals surface area contributed by atoms with E-state index < -0.39 is 45.9 Å². The Kier molecular flexibility index (Phi) is 9.49. The first-order chi connectivity index (χ1) is 17.4. The third-order valence-corrected chi connectivity index (χ3v) is 8.77. The molecule has 0 saturated heterocycles. The Labute approximate surface area is 222 Å². The van der Waals surface area contributed by atoms with Crippen LogP contribution in [-0.4, -0.2) is 45.0 Å². The molecule has 2 N–H and O–H groups in total. The van der Waals surface area contributed by atoms with Crippen molar-refractivity contribution in [2.24, 2.45) is 11.8 Å². The minimum absolute atomic E-state index is 0.0155. The molecule has 1 heterocycles. The quantitative estimate of drug-likeness (QED) is 0.429. The Morgan fingerprint density at radius 1 is 1.14 bits per heavy atom. The molecule has 0 spiro atoms. The Morgan fingerprint density at radius 3 is 2.43 bits per heavy atom. The summed E-state index contributed by atoms with van der Waals surface area (Å²) in [4.78, 5) is 39.7. The van der Waals surface area contributed by atoms with Gasteiger partial charge in [-0.15, -0.1) is 11.3 Å². The predicted octanol–water partition coefficient (Wildman–Crippen LogP) is 3.92. The van der Waals surface area contributed by atoms with Crippen molar-refractivity contribution >= 4 is 44.2 Å². The molecule has 3 rings (SSSR count). The Bertz CT molecular complexity index is 1240. The number of anilines is 1. The summed E-state index contributed by atoms with van der Waals surface area (Å²) in [5.74, 6) is -1.97. The second-order valence-corrected chi connectivity index (χ2v) is 12.3. The van der Waals surface area contributed by atoms with E-state index in [4.69, 9.17) is 9.47 Å². The molecule has 1 aliphatic carbocycles. The number of rotatable bonds is 10. The molecule has 0 saturated carbocycles. The van der Waals surface area contributed by atoms with E-state index in [9.17, 15) is 22.8 Å². The van der Waals surface area contributed by atoms with E-state index in [2.05, 4.69) is 17.0 Å². The Balaban J connectivity index is 1.74. The molecule has 2 aromatic rings. The summed E-state index contributed by atoms with van der Waals surface area (Å²) in [6.07, 6.45) is 1.24. The van der Waals surface area contributed by atoms with Crippen molar-refractivity contribution in [3.8, 4) is 0 Å². The van der Waals surface area contributed by atoms with Crippen LogP contribution in [0.3, 0.4) is 0 Å². The fourth-order valence-electron chi connectivity index (χ4n) is 4.06. The lowest BCUT2D eigenvalue weighted by Crippen LogP contribution is -2.47. The van der Waals surface area contributed by atoms with Crippen LogP contribution in [0.25, 0.3) is 0 Å². The zero-order chi connectivity index (χ0) is 27.3. The molecular formula is C26H34N2O7S2. The van der Waals surface area contributed by atoms with E-state index in [0.717, 1.165) is 29.7 Å². The van der Waals surface area contributed by atoms with Gasteiger partial charge in [-0.05, 0) is 62.6 Å². The van der Waals surface area contributed by atoms with Crippen molar-refractivity contribution in [2.45, 2.75) is 70.9 Å². The summed E-state index contributed by atoms with van der Waals surface area (Å²) in [6, 6.07) is 6.49. The maximum Gasteiger partial charge on any atom is 0.341 e. The number of thiophene rings is 1. The lowest BCUT2D eigenvalue weighted by atomic mass is 9.88. The number of amides is 1. The number of sulfonamides is 1. The molecule has 2 unspecified atom stereocenters. The predicted molar refractivity (Wildman–Crippen MR) is 141 cm³/mol. The zero-order valence-electron chi connectivity index (χ0n) is 21.7. The first kappa shape index (κ1) is 28.8. The van der Waals surface area contributed by atoms with Crippen LogP contribution in [0.1, 0.15) is 61.8 Å². The first-order valence-electron chi connectivity index (χ1n) is 12.3. The van der Waals surface area contributed by atoms with Gasteiger partial charge < -0.3 is 14.8 Å². The molecule has 1 aliphatic rings. The van der Waals surface area contributed by atoms with Crippen LogP contribution in [0.4, 0.5) is 5.00 Å². The van der Waals surface area contributed by atoms with Gasteiger partial charge in [-0.1, -0.05) is 39.0 Å². The van der Waals surface area contributed by atoms with E-state index in [-0.39, 0.29) is 11.5 Å². The number of esters is 2. The SMILES string of the molecule is CCOC(=O)c1c(NC(=O)C(C)OC(=O)[C@@H](NS(=O)(=O)c2ccccc2)C(C)C)sc2c1CCC(C)C2. The van der Waals surface area contributed by atoms with Crippen LogP contribution < -0.4 is 10.0 Å². The number of carbonyl (C=O) groups is 3. The first-order valence-corrected chi connectivity index (χ1v) is 14.6. The number of carbonyl (C=O) groups excluding carboxylic acids is 3. The number of ether oxygens (including phenoxy) is 2. The molecule has 1 amide bonds. The second kappa shape index (κ2) is 12.2. The van der Waals surface area contributed by atoms with Crippen molar-refractivity contribution in [3.63, 3.8) is 0 Å². The van der Waals surface area contributed by atoms with Crippen LogP contribution in [0.15, 0.2) is 35.2 Å². The fourth-order valence-corrected chi connectivity index (χ4v) is 6.82. The highest BCUT2D eigenvalue weighted by Crippen LogP contribution is 2.40. The maximum atomic E-state index is 13.0. The Morgan fingerprint density at radius 2 is 1.81 bits per heavy atom. The second-order valence-electron chi connectivity index (χ2n) is 9.50. The van der Waals surface area contributed by atoms with Crippen molar-refractivity contribution in [2.75, 3.05) is 11.9 Å². The van der Waals surface area contributed by atoms with Crippen LogP contribution in [0, 0.1) is 11.8 Å². The van der Waals surface area contributed by atoms with Gasteiger partial charge in [-0.3, -0.25) is 9.59 Å². The van der Waals surface area contributed by atoms with Gasteiger partial charge in [-0.25, -0.2) is 13.2 Å². The highest BCUT2D eigenvalue weighted by atomic mass is 32.2. The van der Waals surface area contributed by atoms with Gasteiger partial charge >= 0.3 is 11.9 Å². The number of fused-ring (bicyclic) bond motifs is 1. The summed E-state index contributed by atoms with van der Waals surface area (Å²) in [5.41, 5.74) is 1.26. The average Bonchev–Trinajstić information content (AvgIpc) is 3.19. The zero-order valence-corrected chi connectivity index (χ0v) is 23.3. The molecule has 0 fully saturated rings. The van der Waals surface area contributed by atoms with Gasteiger partial charge in [0.05, 0.1) is 17.1 Å². The van der Waals surface area contributed by atoms with E-state index in [1.54, 1.807) is 39.0 Å². The molecule has 0 aliphatic heterocycles. The lowest BCUT2D eigenvalue weighted by molar-refractivity contribution is -0.155. The number of hydrogen-bond acceptors (Lipinski definition) is 8. The van der Waals surface area contributed by atoms with Crippen LogP contribution in [0.2, 0.25) is 0 Å². The normalized spacial score (nSPS) is 17.0. The number of nitrogens with one attached hydrogen (secondary N) is 2. The Hall–Kier alpha value is -2.76. The average molecular weight is 551 g/mol. The van der Waals surface area contributed by atoms with Crippen molar-refractivity contribution in [1.29, 1.82) is 0 Å². The van der Waals surface area contributed by atoms with Gasteiger partial charge in [0.25, 0.3) is 5.91 Å². The molecule has 0 radical (unpaired) electrons. The van der Waals surface area contributed by atoms with Crippen LogP contribution >= 0.6 is 11.3 Å². The molecule has 202 valence electrons. The van der Waals surface area contributed by atoms with E-state index >= 15 is 0 Å². The van der Waals surface area contributed by atoms with Crippen molar-refractivity contribution in [3.05, 3.63) is 46.3 Å². The molecule has 1 aromatic heterocycles. The molecule has 3 atom stereocenters. The maximum absolute atomic E-state index is 13.0. The van der Waals surface area contributed by atoms with E-state index in [1.165, 1.54) is 30.4 Å². The molecule has 9 nitrogen and oxygen atoms in total. The highest BCUT2D eigenvalue weighted by Gasteiger charge is 2.33.